The maximum Gasteiger partial charge on any atom is 0.472 e. The van der Waals surface area contributed by atoms with E-state index in [1.807, 2.05) is 0 Å². The molecule has 1 fully saturated rings. The quantitative estimate of drug-likeness (QED) is 0.0123. The minimum absolute atomic E-state index is 0.0122. The van der Waals surface area contributed by atoms with Crippen molar-refractivity contribution in [3.05, 3.63) is 48.6 Å². The number of hydrogen-bond donors (Lipinski definition) is 8. The van der Waals surface area contributed by atoms with Gasteiger partial charge in [0.2, 0.25) is 0 Å². The van der Waals surface area contributed by atoms with E-state index in [4.69, 9.17) is 18.5 Å². The molecule has 5 unspecified atom stereocenters. The Hall–Kier alpha value is -1.89. The van der Waals surface area contributed by atoms with Crippen LogP contribution in [0, 0.1) is 0 Å². The summed E-state index contributed by atoms with van der Waals surface area (Å²) in [5.74, 6) is -1.32. The molecule has 1 aliphatic rings. The molecular formula is C45H81O19P3. The molecule has 0 radical (unpaired) electrons. The zero-order valence-corrected chi connectivity index (χ0v) is 42.1. The largest absolute Gasteiger partial charge is 0.472 e. The molecule has 0 aromatic rings. The number of hydrogen-bond acceptors (Lipinski definition) is 14. The number of ether oxygens (including phenoxy) is 2. The summed E-state index contributed by atoms with van der Waals surface area (Å²) in [6, 6.07) is 0. The summed E-state index contributed by atoms with van der Waals surface area (Å²) < 4.78 is 65.5. The van der Waals surface area contributed by atoms with Gasteiger partial charge < -0.3 is 49.3 Å². The van der Waals surface area contributed by atoms with E-state index in [0.29, 0.717) is 12.8 Å². The van der Waals surface area contributed by atoms with Crippen molar-refractivity contribution in [2.24, 2.45) is 0 Å². The zero-order valence-electron chi connectivity index (χ0n) is 39.5. The van der Waals surface area contributed by atoms with Crippen LogP contribution in [0.25, 0.3) is 0 Å². The molecule has 8 atom stereocenters. The lowest BCUT2D eigenvalue weighted by molar-refractivity contribution is -0.213. The number of aliphatic hydroxyl groups is 3. The molecule has 19 nitrogen and oxygen atoms in total. The highest BCUT2D eigenvalue weighted by Gasteiger charge is 2.56. The minimum atomic E-state index is -5.60. The molecule has 0 amide bonds. The van der Waals surface area contributed by atoms with Gasteiger partial charge in [0.05, 0.1) is 6.61 Å². The Morgan fingerprint density at radius 3 is 1.42 bits per heavy atom. The molecule has 0 bridgehead atoms. The van der Waals surface area contributed by atoms with Crippen LogP contribution in [0.15, 0.2) is 48.6 Å². The van der Waals surface area contributed by atoms with Crippen LogP contribution >= 0.6 is 23.5 Å². The van der Waals surface area contributed by atoms with Gasteiger partial charge in [0, 0.05) is 12.8 Å². The average Bonchev–Trinajstić information content (AvgIpc) is 3.25. The van der Waals surface area contributed by atoms with Gasteiger partial charge in [0.15, 0.2) is 6.10 Å². The molecule has 0 saturated heterocycles. The highest BCUT2D eigenvalue weighted by atomic mass is 31.2. The van der Waals surface area contributed by atoms with Crippen LogP contribution < -0.4 is 0 Å². The van der Waals surface area contributed by atoms with Crippen LogP contribution in [0.2, 0.25) is 0 Å². The van der Waals surface area contributed by atoms with Crippen LogP contribution in [0.4, 0.5) is 0 Å². The Bertz CT molecular complexity index is 1590. The number of phosphoric acid groups is 3. The zero-order chi connectivity index (χ0) is 50.0. The second-order valence-electron chi connectivity index (χ2n) is 16.7. The maximum atomic E-state index is 13.1. The number of aliphatic hydroxyl groups excluding tert-OH is 3. The molecule has 1 aliphatic carbocycles. The number of phosphoric ester groups is 3. The molecule has 0 spiro atoms. The Morgan fingerprint density at radius 1 is 0.493 bits per heavy atom. The van der Waals surface area contributed by atoms with E-state index in [1.54, 1.807) is 0 Å². The van der Waals surface area contributed by atoms with Crippen molar-refractivity contribution >= 4 is 35.4 Å². The van der Waals surface area contributed by atoms with Crippen molar-refractivity contribution in [3.8, 4) is 0 Å². The van der Waals surface area contributed by atoms with E-state index in [2.05, 4.69) is 71.5 Å². The van der Waals surface area contributed by atoms with Gasteiger partial charge in [-0.3, -0.25) is 27.7 Å². The van der Waals surface area contributed by atoms with Gasteiger partial charge in [0.25, 0.3) is 0 Å². The number of allylic oxidation sites excluding steroid dienone is 8. The fourth-order valence-corrected chi connectivity index (χ4v) is 9.16. The molecule has 1 rings (SSSR count). The lowest BCUT2D eigenvalue weighted by Gasteiger charge is -2.44. The van der Waals surface area contributed by atoms with E-state index >= 15 is 0 Å². The number of rotatable bonds is 40. The molecule has 0 aromatic heterocycles. The number of carbonyl (C=O) groups is 2. The smallest absolute Gasteiger partial charge is 0.462 e. The topological polar surface area (TPSA) is 303 Å². The van der Waals surface area contributed by atoms with Crippen molar-refractivity contribution in [2.75, 3.05) is 13.2 Å². The fourth-order valence-electron chi connectivity index (χ4n) is 7.06. The predicted octanol–water partition coefficient (Wildman–Crippen LogP) is 8.62. The molecule has 0 aromatic carbocycles. The van der Waals surface area contributed by atoms with E-state index < -0.39 is 91.3 Å². The number of esters is 2. The third kappa shape index (κ3) is 33.4. The van der Waals surface area contributed by atoms with Gasteiger partial charge in [-0.15, -0.1) is 0 Å². The van der Waals surface area contributed by atoms with Crippen molar-refractivity contribution in [2.45, 2.75) is 211 Å². The predicted molar refractivity (Wildman–Crippen MR) is 252 cm³/mol. The summed E-state index contributed by atoms with van der Waals surface area (Å²) in [5.41, 5.74) is 0. The van der Waals surface area contributed by atoms with Crippen molar-refractivity contribution < 1.29 is 90.6 Å². The average molecular weight is 1020 g/mol. The fraction of sp³-hybridized carbons (Fsp3) is 0.778. The van der Waals surface area contributed by atoms with E-state index in [-0.39, 0.29) is 12.8 Å². The normalized spacial score (nSPS) is 22.0. The van der Waals surface area contributed by atoms with Gasteiger partial charge in [-0.2, -0.15) is 0 Å². The minimum Gasteiger partial charge on any atom is -0.462 e. The van der Waals surface area contributed by atoms with Crippen molar-refractivity contribution in [3.63, 3.8) is 0 Å². The Morgan fingerprint density at radius 2 is 0.910 bits per heavy atom. The van der Waals surface area contributed by atoms with Crippen molar-refractivity contribution in [1.29, 1.82) is 0 Å². The van der Waals surface area contributed by atoms with Crippen LogP contribution in [0.3, 0.4) is 0 Å². The summed E-state index contributed by atoms with van der Waals surface area (Å²) in [4.78, 5) is 73.2. The van der Waals surface area contributed by atoms with Crippen LogP contribution in [-0.4, -0.2) is 108 Å². The molecule has 8 N–H and O–H groups in total. The summed E-state index contributed by atoms with van der Waals surface area (Å²) in [6.07, 6.45) is 22.7. The summed E-state index contributed by atoms with van der Waals surface area (Å²) in [7, 11) is -16.6. The number of carbonyl (C=O) groups excluding carboxylic acids is 2. The lowest BCUT2D eigenvalue weighted by Crippen LogP contribution is -2.65. The Labute approximate surface area is 397 Å². The van der Waals surface area contributed by atoms with E-state index in [0.717, 1.165) is 103 Å². The van der Waals surface area contributed by atoms with Crippen LogP contribution in [-0.2, 0) is 50.9 Å². The monoisotopic (exact) mass is 1020 g/mol. The SMILES string of the molecule is CCC=CCC=CCC=CCCCCCCCC(=O)OC[C@H](COP(=O)(O)O[C@H]1C(O)C(O)C(OP(=O)(O)O)[C@@H](OP(=O)(O)O)C1O)OC(=O)CCCCCCCCCC=CCCCCCC. The summed E-state index contributed by atoms with van der Waals surface area (Å²) in [6.45, 7) is 2.80. The summed E-state index contributed by atoms with van der Waals surface area (Å²) >= 11 is 0. The second kappa shape index (κ2) is 37.0. The third-order valence-corrected chi connectivity index (χ3v) is 12.6. The first kappa shape index (κ1) is 63.1. The first-order chi connectivity index (χ1) is 31.8. The van der Waals surface area contributed by atoms with Crippen LogP contribution in [0.1, 0.15) is 168 Å². The molecule has 390 valence electrons. The standard InChI is InChI=1S/C45H81O19P3/c1-3-5-7-9-11-13-15-17-19-21-23-25-27-29-31-33-38(46)59-35-37(61-39(47)34-32-30-28-26-24-22-20-18-16-14-12-10-8-6-4-2)36-60-67(57,58)64-43-40(48)41(49)44(62-65(51,52)53)45(42(43)50)63-66(54,55)56/h5,7,11,13-14,16-17,19,37,40-45,48-50H,3-4,6,8-10,12,15,18,20-36H2,1-2H3,(H,57,58)(H2,51,52,53)(H2,54,55,56)/t37-,40?,41?,42?,43+,44?,45+/m1/s1. The van der Waals surface area contributed by atoms with E-state index in [9.17, 15) is 63.1 Å². The molecular weight excluding hydrogens is 937 g/mol. The highest BCUT2D eigenvalue weighted by Crippen LogP contribution is 2.51. The molecule has 1 saturated carbocycles. The third-order valence-electron chi connectivity index (χ3n) is 10.6. The van der Waals surface area contributed by atoms with Gasteiger partial charge in [0.1, 0.15) is 43.2 Å². The van der Waals surface area contributed by atoms with Crippen LogP contribution in [0.5, 0.6) is 0 Å². The molecule has 0 aliphatic heterocycles. The first-order valence-electron chi connectivity index (χ1n) is 23.9. The van der Waals surface area contributed by atoms with Gasteiger partial charge >= 0.3 is 35.4 Å². The second-order valence-corrected chi connectivity index (χ2v) is 20.4. The summed E-state index contributed by atoms with van der Waals surface area (Å²) in [5, 5.41) is 31.9. The first-order valence-corrected chi connectivity index (χ1v) is 28.5. The van der Waals surface area contributed by atoms with Gasteiger partial charge in [-0.1, -0.05) is 133 Å². The lowest BCUT2D eigenvalue weighted by atomic mass is 9.85. The van der Waals surface area contributed by atoms with Crippen molar-refractivity contribution in [1.82, 2.24) is 0 Å². The Kier molecular flexibility index (Phi) is 34.8. The molecule has 0 heterocycles. The Balaban J connectivity index is 2.74. The van der Waals surface area contributed by atoms with E-state index in [1.165, 1.54) is 25.7 Å². The number of unbranched alkanes of at least 4 members (excludes halogenated alkanes) is 16. The molecule has 67 heavy (non-hydrogen) atoms. The maximum absolute atomic E-state index is 13.1. The molecule has 22 heteroatoms. The highest BCUT2D eigenvalue weighted by molar-refractivity contribution is 7.47. The van der Waals surface area contributed by atoms with Gasteiger partial charge in [-0.25, -0.2) is 13.7 Å². The van der Waals surface area contributed by atoms with Gasteiger partial charge in [-0.05, 0) is 70.6 Å².